The standard InChI is InChI=1S/C23H24N4O3/c1-16-8-6-11-19(24-16)22(28)26-12-7-13-27(15-14-26)23(29)20-17(2)30-25-21(20)18-9-4-3-5-10-18/h3-6,8-11H,7,12-15H2,1-2H3. The molecule has 7 heteroatoms. The molecule has 1 saturated heterocycles. The lowest BCUT2D eigenvalue weighted by Crippen LogP contribution is -2.37. The second-order valence-corrected chi connectivity index (χ2v) is 7.43. The van der Waals surface area contributed by atoms with Crippen molar-refractivity contribution < 1.29 is 14.1 Å². The molecule has 0 N–H and O–H groups in total. The van der Waals surface area contributed by atoms with Gasteiger partial charge in [0.2, 0.25) is 0 Å². The Morgan fingerprint density at radius 3 is 2.27 bits per heavy atom. The average molecular weight is 404 g/mol. The predicted molar refractivity (Wildman–Crippen MR) is 112 cm³/mol. The number of benzene rings is 1. The summed E-state index contributed by atoms with van der Waals surface area (Å²) < 4.78 is 5.35. The molecule has 2 aromatic heterocycles. The van der Waals surface area contributed by atoms with E-state index in [2.05, 4.69) is 10.1 Å². The molecule has 4 rings (SSSR count). The van der Waals surface area contributed by atoms with E-state index >= 15 is 0 Å². The molecule has 0 spiro atoms. The van der Waals surface area contributed by atoms with E-state index in [0.29, 0.717) is 55.3 Å². The summed E-state index contributed by atoms with van der Waals surface area (Å²) in [5.41, 5.74) is 3.13. The van der Waals surface area contributed by atoms with Crippen LogP contribution in [-0.2, 0) is 0 Å². The van der Waals surface area contributed by atoms with E-state index in [9.17, 15) is 9.59 Å². The Hall–Kier alpha value is -3.48. The number of pyridine rings is 1. The van der Waals surface area contributed by atoms with Crippen LogP contribution < -0.4 is 0 Å². The highest BCUT2D eigenvalue weighted by Crippen LogP contribution is 2.26. The van der Waals surface area contributed by atoms with Gasteiger partial charge in [-0.15, -0.1) is 0 Å². The molecule has 0 bridgehead atoms. The van der Waals surface area contributed by atoms with Crippen LogP contribution in [0.25, 0.3) is 11.3 Å². The number of aromatic nitrogens is 2. The van der Waals surface area contributed by atoms with Crippen LogP contribution in [0.5, 0.6) is 0 Å². The molecular formula is C23H24N4O3. The zero-order chi connectivity index (χ0) is 21.1. The highest BCUT2D eigenvalue weighted by atomic mass is 16.5. The molecule has 0 saturated carbocycles. The molecule has 30 heavy (non-hydrogen) atoms. The third kappa shape index (κ3) is 3.96. The third-order valence-corrected chi connectivity index (χ3v) is 5.30. The van der Waals surface area contributed by atoms with Gasteiger partial charge in [0.15, 0.2) is 0 Å². The molecule has 3 heterocycles. The summed E-state index contributed by atoms with van der Waals surface area (Å²) in [6.07, 6.45) is 0.703. The van der Waals surface area contributed by atoms with Gasteiger partial charge in [0.05, 0.1) is 0 Å². The number of hydrogen-bond donors (Lipinski definition) is 0. The van der Waals surface area contributed by atoms with Crippen LogP contribution in [0.1, 0.15) is 38.7 Å². The lowest BCUT2D eigenvalue weighted by Gasteiger charge is -2.22. The SMILES string of the molecule is Cc1cccc(C(=O)N2CCCN(C(=O)c3c(-c4ccccc4)noc3C)CC2)n1. The zero-order valence-electron chi connectivity index (χ0n) is 17.2. The fourth-order valence-corrected chi connectivity index (χ4v) is 3.72. The van der Waals surface area contributed by atoms with Crippen LogP contribution >= 0.6 is 0 Å². The van der Waals surface area contributed by atoms with Crippen molar-refractivity contribution in [2.24, 2.45) is 0 Å². The van der Waals surface area contributed by atoms with Crippen LogP contribution in [0.4, 0.5) is 0 Å². The van der Waals surface area contributed by atoms with Crippen LogP contribution in [0.15, 0.2) is 53.1 Å². The fraction of sp³-hybridized carbons (Fsp3) is 0.304. The average Bonchev–Trinajstić information content (AvgIpc) is 2.98. The summed E-state index contributed by atoms with van der Waals surface area (Å²) >= 11 is 0. The third-order valence-electron chi connectivity index (χ3n) is 5.30. The Morgan fingerprint density at radius 1 is 0.867 bits per heavy atom. The molecule has 7 nitrogen and oxygen atoms in total. The maximum atomic E-state index is 13.3. The highest BCUT2D eigenvalue weighted by Gasteiger charge is 2.29. The number of carbonyl (C=O) groups is 2. The smallest absolute Gasteiger partial charge is 0.272 e. The minimum absolute atomic E-state index is 0.0980. The highest BCUT2D eigenvalue weighted by molar-refractivity contribution is 6.01. The Bertz CT molecular complexity index is 1060. The second kappa shape index (κ2) is 8.49. The monoisotopic (exact) mass is 404 g/mol. The molecule has 0 unspecified atom stereocenters. The van der Waals surface area contributed by atoms with Crippen molar-refractivity contribution in [1.82, 2.24) is 19.9 Å². The van der Waals surface area contributed by atoms with Crippen molar-refractivity contribution in [3.8, 4) is 11.3 Å². The number of nitrogens with zero attached hydrogens (tertiary/aromatic N) is 4. The van der Waals surface area contributed by atoms with Gasteiger partial charge in [-0.1, -0.05) is 41.6 Å². The molecule has 1 aromatic carbocycles. The molecule has 3 aromatic rings. The molecule has 0 aliphatic carbocycles. The van der Waals surface area contributed by atoms with E-state index < -0.39 is 0 Å². The topological polar surface area (TPSA) is 79.5 Å². The van der Waals surface area contributed by atoms with Gasteiger partial charge in [-0.3, -0.25) is 9.59 Å². The Kier molecular flexibility index (Phi) is 5.61. The molecule has 0 atom stereocenters. The zero-order valence-corrected chi connectivity index (χ0v) is 17.2. The largest absolute Gasteiger partial charge is 0.360 e. The van der Waals surface area contributed by atoms with Gasteiger partial charge >= 0.3 is 0 Å². The van der Waals surface area contributed by atoms with Gasteiger partial charge in [-0.05, 0) is 32.4 Å². The Labute approximate surface area is 175 Å². The molecule has 1 aliphatic rings. The molecular weight excluding hydrogens is 380 g/mol. The van der Waals surface area contributed by atoms with E-state index in [-0.39, 0.29) is 11.8 Å². The maximum absolute atomic E-state index is 13.3. The summed E-state index contributed by atoms with van der Waals surface area (Å²) in [6, 6.07) is 15.0. The Balaban J connectivity index is 1.51. The van der Waals surface area contributed by atoms with Crippen molar-refractivity contribution in [2.45, 2.75) is 20.3 Å². The van der Waals surface area contributed by atoms with Crippen LogP contribution in [0.3, 0.4) is 0 Å². The van der Waals surface area contributed by atoms with Gasteiger partial charge in [0.1, 0.15) is 22.7 Å². The van der Waals surface area contributed by atoms with E-state index in [0.717, 1.165) is 11.3 Å². The summed E-state index contributed by atoms with van der Waals surface area (Å²) in [6.45, 7) is 5.70. The van der Waals surface area contributed by atoms with Gasteiger partial charge in [0, 0.05) is 37.4 Å². The summed E-state index contributed by atoms with van der Waals surface area (Å²) in [4.78, 5) is 34.1. The minimum Gasteiger partial charge on any atom is -0.360 e. The first-order valence-electron chi connectivity index (χ1n) is 10.1. The summed E-state index contributed by atoms with van der Waals surface area (Å²) in [5.74, 6) is 0.287. The van der Waals surface area contributed by atoms with Crippen LogP contribution in [-0.4, -0.2) is 57.9 Å². The van der Waals surface area contributed by atoms with Crippen molar-refractivity contribution in [3.05, 3.63) is 71.2 Å². The number of carbonyl (C=O) groups excluding carboxylic acids is 2. The first kappa shape index (κ1) is 19.8. The predicted octanol–water partition coefficient (Wildman–Crippen LogP) is 3.34. The van der Waals surface area contributed by atoms with Gasteiger partial charge in [-0.25, -0.2) is 4.98 Å². The lowest BCUT2D eigenvalue weighted by atomic mass is 10.1. The van der Waals surface area contributed by atoms with Crippen molar-refractivity contribution >= 4 is 11.8 Å². The molecule has 1 fully saturated rings. The number of amides is 2. The Morgan fingerprint density at radius 2 is 1.57 bits per heavy atom. The van der Waals surface area contributed by atoms with E-state index in [4.69, 9.17) is 4.52 Å². The quantitative estimate of drug-likeness (QED) is 0.669. The number of hydrogen-bond acceptors (Lipinski definition) is 5. The van der Waals surface area contributed by atoms with Gasteiger partial charge in [-0.2, -0.15) is 0 Å². The van der Waals surface area contributed by atoms with Crippen molar-refractivity contribution in [3.63, 3.8) is 0 Å². The normalized spacial score (nSPS) is 14.5. The maximum Gasteiger partial charge on any atom is 0.272 e. The molecule has 2 amide bonds. The fourth-order valence-electron chi connectivity index (χ4n) is 3.72. The van der Waals surface area contributed by atoms with Gasteiger partial charge < -0.3 is 14.3 Å². The molecule has 154 valence electrons. The van der Waals surface area contributed by atoms with E-state index in [1.807, 2.05) is 49.4 Å². The van der Waals surface area contributed by atoms with Crippen molar-refractivity contribution in [1.29, 1.82) is 0 Å². The second-order valence-electron chi connectivity index (χ2n) is 7.43. The molecule has 1 aliphatic heterocycles. The van der Waals surface area contributed by atoms with Crippen molar-refractivity contribution in [2.75, 3.05) is 26.2 Å². The number of aryl methyl sites for hydroxylation is 2. The first-order valence-corrected chi connectivity index (χ1v) is 10.1. The minimum atomic E-state index is -0.115. The lowest BCUT2D eigenvalue weighted by molar-refractivity contribution is 0.0715. The van der Waals surface area contributed by atoms with E-state index in [1.54, 1.807) is 22.8 Å². The molecule has 0 radical (unpaired) electrons. The van der Waals surface area contributed by atoms with Crippen LogP contribution in [0.2, 0.25) is 0 Å². The first-order chi connectivity index (χ1) is 14.5. The van der Waals surface area contributed by atoms with Crippen LogP contribution in [0, 0.1) is 13.8 Å². The summed E-state index contributed by atoms with van der Waals surface area (Å²) in [5, 5.41) is 4.12. The van der Waals surface area contributed by atoms with E-state index in [1.165, 1.54) is 0 Å². The van der Waals surface area contributed by atoms with Gasteiger partial charge in [0.25, 0.3) is 11.8 Å². The summed E-state index contributed by atoms with van der Waals surface area (Å²) in [7, 11) is 0. The number of rotatable bonds is 3.